The quantitative estimate of drug-likeness (QED) is 0.594. The van der Waals surface area contributed by atoms with Crippen molar-refractivity contribution in [1.29, 1.82) is 0 Å². The first-order valence-electron chi connectivity index (χ1n) is 2.67. The van der Waals surface area contributed by atoms with Gasteiger partial charge in [0.15, 0.2) is 0 Å². The van der Waals surface area contributed by atoms with E-state index in [9.17, 15) is 0 Å². The van der Waals surface area contributed by atoms with Crippen molar-refractivity contribution in [3.05, 3.63) is 0 Å². The second kappa shape index (κ2) is 10.7. The minimum Gasteiger partial charge on any atom is -0.186 e. The Morgan fingerprint density at radius 3 is 1.78 bits per heavy atom. The molecule has 0 heterocycles. The first-order valence-corrected chi connectivity index (χ1v) is 4.06. The average molecular weight is 148 g/mol. The molecule has 0 fully saturated rings. The molecule has 0 spiro atoms. The van der Waals surface area contributed by atoms with Gasteiger partial charge in [-0.2, -0.15) is 21.4 Å². The smallest absolute Gasteiger partial charge is 0.186 e. The van der Waals surface area contributed by atoms with Crippen molar-refractivity contribution in [2.75, 3.05) is 12.0 Å². The van der Waals surface area contributed by atoms with E-state index in [1.165, 1.54) is 5.75 Å². The maximum absolute atomic E-state index is 8.12. The van der Waals surface area contributed by atoms with Crippen LogP contribution in [0.15, 0.2) is 0 Å². The standard InChI is InChI=1S/C5H12S.CO2/c1-5(2)4-6-3;2-1-3/h5H,4H2,1-3H3;. The fourth-order valence-corrected chi connectivity index (χ4v) is 1.00. The van der Waals surface area contributed by atoms with Crippen LogP contribution in [0.4, 0.5) is 0 Å². The van der Waals surface area contributed by atoms with Gasteiger partial charge in [-0.3, -0.25) is 0 Å². The van der Waals surface area contributed by atoms with E-state index in [4.69, 9.17) is 9.59 Å². The molecule has 0 aliphatic heterocycles. The predicted molar refractivity (Wildman–Crippen MR) is 38.2 cm³/mol. The lowest BCUT2D eigenvalue weighted by Crippen LogP contribution is -1.87. The van der Waals surface area contributed by atoms with Gasteiger partial charge in [0.1, 0.15) is 0 Å². The van der Waals surface area contributed by atoms with E-state index in [-0.39, 0.29) is 6.15 Å². The summed E-state index contributed by atoms with van der Waals surface area (Å²) in [6.07, 6.45) is 2.39. The summed E-state index contributed by atoms with van der Waals surface area (Å²) in [6, 6.07) is 0. The summed E-state index contributed by atoms with van der Waals surface area (Å²) in [7, 11) is 0. The summed E-state index contributed by atoms with van der Waals surface area (Å²) in [4.78, 5) is 16.2. The monoisotopic (exact) mass is 148 g/mol. The minimum atomic E-state index is 0.250. The molecule has 3 heteroatoms. The van der Waals surface area contributed by atoms with Gasteiger partial charge in [0.2, 0.25) is 0 Å². The summed E-state index contributed by atoms with van der Waals surface area (Å²) in [5.74, 6) is 2.15. The molecule has 2 nitrogen and oxygen atoms in total. The third-order valence-electron chi connectivity index (χ3n) is 0.500. The lowest BCUT2D eigenvalue weighted by atomic mass is 10.3. The average Bonchev–Trinajstić information content (AvgIpc) is 1.67. The van der Waals surface area contributed by atoms with Crippen molar-refractivity contribution in [3.63, 3.8) is 0 Å². The van der Waals surface area contributed by atoms with Crippen molar-refractivity contribution in [2.24, 2.45) is 5.92 Å². The van der Waals surface area contributed by atoms with Gasteiger partial charge >= 0.3 is 6.15 Å². The molecule has 0 N–H and O–H groups in total. The van der Waals surface area contributed by atoms with Gasteiger partial charge < -0.3 is 0 Å². The molecule has 9 heavy (non-hydrogen) atoms. The molecule has 0 saturated carbocycles. The summed E-state index contributed by atoms with van der Waals surface area (Å²) in [5.41, 5.74) is 0. The molecule has 0 aliphatic rings. The highest BCUT2D eigenvalue weighted by atomic mass is 32.2. The normalized spacial score (nSPS) is 7.56. The Balaban J connectivity index is 0. The van der Waals surface area contributed by atoms with Gasteiger partial charge in [-0.05, 0) is 17.9 Å². The van der Waals surface area contributed by atoms with Gasteiger partial charge in [0.05, 0.1) is 0 Å². The predicted octanol–water partition coefficient (Wildman–Crippen LogP) is 1.42. The lowest BCUT2D eigenvalue weighted by Gasteiger charge is -1.95. The molecule has 54 valence electrons. The van der Waals surface area contributed by atoms with Gasteiger partial charge in [0, 0.05) is 0 Å². The Morgan fingerprint density at radius 1 is 1.44 bits per heavy atom. The summed E-state index contributed by atoms with van der Waals surface area (Å²) < 4.78 is 0. The largest absolute Gasteiger partial charge is 0.373 e. The number of hydrogen-bond donors (Lipinski definition) is 0. The van der Waals surface area contributed by atoms with E-state index in [0.29, 0.717) is 0 Å². The molecule has 0 saturated heterocycles. The van der Waals surface area contributed by atoms with Crippen LogP contribution in [-0.4, -0.2) is 18.2 Å². The highest BCUT2D eigenvalue weighted by molar-refractivity contribution is 7.98. The van der Waals surface area contributed by atoms with Crippen molar-refractivity contribution in [1.82, 2.24) is 0 Å². The molecule has 0 bridgehead atoms. The second-order valence-corrected chi connectivity index (χ2v) is 2.84. The molecular formula is C6H12O2S. The fourth-order valence-electron chi connectivity index (χ4n) is 0.333. The van der Waals surface area contributed by atoms with Gasteiger partial charge in [-0.25, -0.2) is 0 Å². The maximum Gasteiger partial charge on any atom is 0.373 e. The van der Waals surface area contributed by atoms with Crippen LogP contribution in [0.1, 0.15) is 13.8 Å². The Hall–Kier alpha value is -0.270. The van der Waals surface area contributed by atoms with E-state index in [1.54, 1.807) is 0 Å². The van der Waals surface area contributed by atoms with Crippen LogP contribution in [0.2, 0.25) is 0 Å². The van der Waals surface area contributed by atoms with E-state index in [0.717, 1.165) is 5.92 Å². The van der Waals surface area contributed by atoms with Crippen LogP contribution in [-0.2, 0) is 9.59 Å². The zero-order chi connectivity index (χ0) is 7.70. The van der Waals surface area contributed by atoms with Crippen molar-refractivity contribution in [2.45, 2.75) is 13.8 Å². The molecule has 0 aromatic heterocycles. The Kier molecular flexibility index (Phi) is 13.6. The van der Waals surface area contributed by atoms with E-state index in [2.05, 4.69) is 20.1 Å². The van der Waals surface area contributed by atoms with Crippen LogP contribution < -0.4 is 0 Å². The summed E-state index contributed by atoms with van der Waals surface area (Å²) in [6.45, 7) is 4.47. The molecule has 0 aliphatic carbocycles. The Bertz CT molecular complexity index is 75.1. The minimum absolute atomic E-state index is 0.250. The van der Waals surface area contributed by atoms with Gasteiger partial charge in [-0.1, -0.05) is 13.8 Å². The van der Waals surface area contributed by atoms with Crippen molar-refractivity contribution in [3.8, 4) is 0 Å². The lowest BCUT2D eigenvalue weighted by molar-refractivity contribution is -0.191. The van der Waals surface area contributed by atoms with Crippen molar-refractivity contribution >= 4 is 17.9 Å². The second-order valence-electron chi connectivity index (χ2n) is 1.93. The van der Waals surface area contributed by atoms with E-state index < -0.39 is 0 Å². The van der Waals surface area contributed by atoms with Crippen molar-refractivity contribution < 1.29 is 9.59 Å². The zero-order valence-corrected chi connectivity index (χ0v) is 6.83. The topological polar surface area (TPSA) is 34.1 Å². The van der Waals surface area contributed by atoms with E-state index >= 15 is 0 Å². The first-order chi connectivity index (χ1) is 4.18. The Morgan fingerprint density at radius 2 is 1.78 bits per heavy atom. The number of hydrogen-bond acceptors (Lipinski definition) is 3. The summed E-state index contributed by atoms with van der Waals surface area (Å²) in [5, 5.41) is 0. The molecule has 0 aromatic rings. The Labute approximate surface area is 60.0 Å². The molecular weight excluding hydrogens is 136 g/mol. The van der Waals surface area contributed by atoms with Gasteiger partial charge in [0.25, 0.3) is 0 Å². The molecule has 0 unspecified atom stereocenters. The number of carbonyl (C=O) groups excluding carboxylic acids is 2. The van der Waals surface area contributed by atoms with Crippen LogP contribution in [0.3, 0.4) is 0 Å². The highest BCUT2D eigenvalue weighted by Gasteiger charge is 1.85. The zero-order valence-electron chi connectivity index (χ0n) is 6.01. The maximum atomic E-state index is 8.12. The summed E-state index contributed by atoms with van der Waals surface area (Å²) >= 11 is 1.91. The molecule has 0 aromatic carbocycles. The highest BCUT2D eigenvalue weighted by Crippen LogP contribution is 2.00. The fraction of sp³-hybridized carbons (Fsp3) is 0.833. The number of thioether (sulfide) groups is 1. The molecule has 0 rings (SSSR count). The van der Waals surface area contributed by atoms with E-state index in [1.807, 2.05) is 11.8 Å². The molecule has 0 amide bonds. The van der Waals surface area contributed by atoms with Crippen LogP contribution in [0, 0.1) is 5.92 Å². The first kappa shape index (κ1) is 11.5. The van der Waals surface area contributed by atoms with Crippen LogP contribution in [0.5, 0.6) is 0 Å². The SMILES string of the molecule is CSCC(C)C.O=C=O. The van der Waals surface area contributed by atoms with Gasteiger partial charge in [-0.15, -0.1) is 0 Å². The molecule has 0 atom stereocenters. The molecule has 0 radical (unpaired) electrons. The third-order valence-corrected chi connectivity index (χ3v) is 1.50. The number of rotatable bonds is 2. The van der Waals surface area contributed by atoms with Crippen LogP contribution >= 0.6 is 11.8 Å². The third kappa shape index (κ3) is 34.1. The van der Waals surface area contributed by atoms with Crippen LogP contribution in [0.25, 0.3) is 0 Å².